The number of ether oxygens (including phenoxy) is 1. The third-order valence-electron chi connectivity index (χ3n) is 4.93. The van der Waals surface area contributed by atoms with Gasteiger partial charge in [0.15, 0.2) is 5.76 Å². The number of rotatable bonds is 4. The molecule has 0 N–H and O–H groups in total. The average molecular weight is 438 g/mol. The van der Waals surface area contributed by atoms with Crippen molar-refractivity contribution in [2.75, 3.05) is 4.90 Å². The molecule has 31 heavy (non-hydrogen) atoms. The molecule has 0 saturated carbocycles. The number of aromatic nitrogens is 1. The van der Waals surface area contributed by atoms with Crippen molar-refractivity contribution in [1.29, 1.82) is 0 Å². The lowest BCUT2D eigenvalue weighted by atomic mass is 10.2. The molecule has 0 aliphatic carbocycles. The highest BCUT2D eigenvalue weighted by Crippen LogP contribution is 2.30. The third kappa shape index (κ3) is 3.69. The molecule has 0 radical (unpaired) electrons. The minimum Gasteiger partial charge on any atom is -0.404 e. The minimum atomic E-state index is -0.800. The van der Waals surface area contributed by atoms with Crippen LogP contribution in [0.25, 0.3) is 11.8 Å². The van der Waals surface area contributed by atoms with E-state index in [4.69, 9.17) is 16.3 Å². The molecular formula is C22H16ClN3O5. The summed E-state index contributed by atoms with van der Waals surface area (Å²) >= 11 is 5.87. The Bertz CT molecular complexity index is 1260. The van der Waals surface area contributed by atoms with Gasteiger partial charge in [-0.15, -0.1) is 0 Å². The van der Waals surface area contributed by atoms with Gasteiger partial charge in [0.05, 0.1) is 16.3 Å². The van der Waals surface area contributed by atoms with E-state index in [0.717, 1.165) is 16.3 Å². The number of carbonyl (C=O) groups excluding carboxylic acids is 2. The maximum atomic E-state index is 12.8. The van der Waals surface area contributed by atoms with Crippen LogP contribution in [-0.4, -0.2) is 21.5 Å². The molecule has 1 aromatic heterocycles. The second kappa shape index (κ2) is 7.73. The molecule has 3 aromatic rings. The molecule has 1 aliphatic heterocycles. The van der Waals surface area contributed by atoms with Gasteiger partial charge in [0.25, 0.3) is 5.69 Å². The number of cyclic esters (lactones) is 1. The van der Waals surface area contributed by atoms with Crippen molar-refractivity contribution >= 4 is 41.1 Å². The predicted octanol–water partition coefficient (Wildman–Crippen LogP) is 5.18. The van der Waals surface area contributed by atoms with Crippen molar-refractivity contribution in [2.24, 2.45) is 0 Å². The van der Waals surface area contributed by atoms with Crippen LogP contribution in [0.15, 0.2) is 60.4 Å². The molecule has 2 heterocycles. The average Bonchev–Trinajstić information content (AvgIpc) is 3.17. The molecule has 8 nitrogen and oxygen atoms in total. The van der Waals surface area contributed by atoms with Gasteiger partial charge in [-0.2, -0.15) is 0 Å². The highest BCUT2D eigenvalue weighted by atomic mass is 35.5. The Labute approximate surface area is 182 Å². The molecule has 9 heteroatoms. The molecule has 1 saturated heterocycles. The van der Waals surface area contributed by atoms with Gasteiger partial charge in [-0.3, -0.25) is 14.9 Å². The zero-order valence-corrected chi connectivity index (χ0v) is 17.3. The van der Waals surface area contributed by atoms with Crippen LogP contribution in [0.5, 0.6) is 0 Å². The SMILES string of the molecule is Cc1cc(/C=C2/OC(=O)N(c3ccc(Cl)cc3)C2=O)c(C)n1-c1cccc([N+](=O)[O-])c1. The summed E-state index contributed by atoms with van der Waals surface area (Å²) in [6.45, 7) is 3.66. The first-order valence-electron chi connectivity index (χ1n) is 9.23. The van der Waals surface area contributed by atoms with Crippen LogP contribution in [0, 0.1) is 24.0 Å². The maximum absolute atomic E-state index is 12.8. The lowest BCUT2D eigenvalue weighted by Crippen LogP contribution is -2.28. The summed E-state index contributed by atoms with van der Waals surface area (Å²) in [4.78, 5) is 36.7. The number of nitro groups is 1. The summed E-state index contributed by atoms with van der Waals surface area (Å²) in [5.41, 5.74) is 3.13. The zero-order chi connectivity index (χ0) is 22.3. The van der Waals surface area contributed by atoms with Crippen LogP contribution in [0.1, 0.15) is 17.0 Å². The van der Waals surface area contributed by atoms with Crippen LogP contribution in [-0.2, 0) is 9.53 Å². The topological polar surface area (TPSA) is 94.7 Å². The summed E-state index contributed by atoms with van der Waals surface area (Å²) in [5, 5.41) is 11.6. The highest BCUT2D eigenvalue weighted by Gasteiger charge is 2.38. The number of imide groups is 1. The normalized spacial score (nSPS) is 14.9. The van der Waals surface area contributed by atoms with E-state index in [1.165, 1.54) is 18.2 Å². The number of benzene rings is 2. The van der Waals surface area contributed by atoms with Gasteiger partial charge in [-0.1, -0.05) is 17.7 Å². The van der Waals surface area contributed by atoms with Gasteiger partial charge < -0.3 is 9.30 Å². The Morgan fingerprint density at radius 1 is 1.03 bits per heavy atom. The van der Waals surface area contributed by atoms with E-state index >= 15 is 0 Å². The molecule has 0 unspecified atom stereocenters. The van der Waals surface area contributed by atoms with Crippen molar-refractivity contribution in [2.45, 2.75) is 13.8 Å². The molecule has 1 fully saturated rings. The number of carbonyl (C=O) groups is 2. The molecule has 156 valence electrons. The smallest absolute Gasteiger partial charge is 0.404 e. The van der Waals surface area contributed by atoms with Crippen LogP contribution in [0.2, 0.25) is 5.02 Å². The summed E-state index contributed by atoms with van der Waals surface area (Å²) in [5.74, 6) is -0.702. The lowest BCUT2D eigenvalue weighted by molar-refractivity contribution is -0.384. The van der Waals surface area contributed by atoms with E-state index in [-0.39, 0.29) is 11.4 Å². The quantitative estimate of drug-likeness (QED) is 0.318. The number of aryl methyl sites for hydroxylation is 1. The van der Waals surface area contributed by atoms with Crippen LogP contribution in [0.3, 0.4) is 0 Å². The summed E-state index contributed by atoms with van der Waals surface area (Å²) in [6, 6.07) is 14.3. The van der Waals surface area contributed by atoms with Crippen molar-refractivity contribution in [1.82, 2.24) is 4.57 Å². The van der Waals surface area contributed by atoms with Gasteiger partial charge in [-0.05, 0) is 61.9 Å². The zero-order valence-electron chi connectivity index (χ0n) is 16.5. The van der Waals surface area contributed by atoms with Gasteiger partial charge in [0.1, 0.15) is 0 Å². The van der Waals surface area contributed by atoms with Crippen molar-refractivity contribution < 1.29 is 19.2 Å². The first-order valence-corrected chi connectivity index (χ1v) is 9.61. The molecule has 2 amide bonds. The summed E-state index contributed by atoms with van der Waals surface area (Å²) in [7, 11) is 0. The third-order valence-corrected chi connectivity index (χ3v) is 5.19. The number of halogens is 1. The Kier molecular flexibility index (Phi) is 5.08. The molecule has 0 spiro atoms. The van der Waals surface area contributed by atoms with Crippen LogP contribution in [0.4, 0.5) is 16.2 Å². The van der Waals surface area contributed by atoms with Gasteiger partial charge in [-0.25, -0.2) is 9.69 Å². The largest absolute Gasteiger partial charge is 0.427 e. The molecule has 0 bridgehead atoms. The summed E-state index contributed by atoms with van der Waals surface area (Å²) in [6.07, 6.45) is 0.692. The second-order valence-corrected chi connectivity index (χ2v) is 7.37. The van der Waals surface area contributed by atoms with E-state index in [1.807, 2.05) is 24.5 Å². The van der Waals surface area contributed by atoms with Crippen molar-refractivity contribution in [3.05, 3.63) is 92.4 Å². The van der Waals surface area contributed by atoms with Crippen LogP contribution < -0.4 is 4.90 Å². The van der Waals surface area contributed by atoms with Crippen molar-refractivity contribution in [3.8, 4) is 5.69 Å². The lowest BCUT2D eigenvalue weighted by Gasteiger charge is -2.09. The fourth-order valence-electron chi connectivity index (χ4n) is 3.50. The Morgan fingerprint density at radius 2 is 1.74 bits per heavy atom. The Hall–Kier alpha value is -3.91. The number of hydrogen-bond acceptors (Lipinski definition) is 5. The van der Waals surface area contributed by atoms with E-state index in [9.17, 15) is 19.7 Å². The van der Waals surface area contributed by atoms with Gasteiger partial charge in [0, 0.05) is 28.5 Å². The Balaban J connectivity index is 1.70. The number of nitro benzene ring substituents is 1. The number of anilines is 1. The van der Waals surface area contributed by atoms with Gasteiger partial charge >= 0.3 is 12.0 Å². The molecule has 2 aromatic carbocycles. The fraction of sp³-hybridized carbons (Fsp3) is 0.0909. The Morgan fingerprint density at radius 3 is 2.42 bits per heavy atom. The van der Waals surface area contributed by atoms with Crippen molar-refractivity contribution in [3.63, 3.8) is 0 Å². The molecule has 0 atom stereocenters. The van der Waals surface area contributed by atoms with E-state index in [2.05, 4.69) is 0 Å². The maximum Gasteiger partial charge on any atom is 0.427 e. The number of nitrogens with zero attached hydrogens (tertiary/aromatic N) is 3. The molecule has 4 rings (SSSR count). The number of amides is 2. The van der Waals surface area contributed by atoms with Crippen LogP contribution >= 0.6 is 11.6 Å². The molecular weight excluding hydrogens is 422 g/mol. The van der Waals surface area contributed by atoms with E-state index in [1.54, 1.807) is 36.4 Å². The number of hydrogen-bond donors (Lipinski definition) is 0. The second-order valence-electron chi connectivity index (χ2n) is 6.93. The standard InChI is InChI=1S/C22H16ClN3O5/c1-13-10-15(14(2)24(13)18-4-3-5-19(12-18)26(29)30)11-20-21(27)25(22(28)31-20)17-8-6-16(23)7-9-17/h3-12H,1-2H3/b20-11+. The van der Waals surface area contributed by atoms with E-state index < -0.39 is 16.9 Å². The van der Waals surface area contributed by atoms with E-state index in [0.29, 0.717) is 22.0 Å². The summed E-state index contributed by atoms with van der Waals surface area (Å²) < 4.78 is 7.03. The minimum absolute atomic E-state index is 0.0246. The first-order chi connectivity index (χ1) is 14.8. The molecule has 1 aliphatic rings. The van der Waals surface area contributed by atoms with Gasteiger partial charge in [0.2, 0.25) is 0 Å². The highest BCUT2D eigenvalue weighted by molar-refractivity contribution is 6.31. The fourth-order valence-corrected chi connectivity index (χ4v) is 3.62. The predicted molar refractivity (Wildman–Crippen MR) is 115 cm³/mol. The first kappa shape index (κ1) is 20.4. The monoisotopic (exact) mass is 437 g/mol. The number of non-ortho nitro benzene ring substituents is 1.